The van der Waals surface area contributed by atoms with Crippen molar-refractivity contribution in [1.29, 1.82) is 0 Å². The van der Waals surface area contributed by atoms with Crippen molar-refractivity contribution >= 4 is 0 Å². The Balaban J connectivity index is 4.02. The normalized spacial score (nSPS) is 14.6. The van der Waals surface area contributed by atoms with E-state index in [4.69, 9.17) is 4.74 Å². The van der Waals surface area contributed by atoms with Gasteiger partial charge in [0.2, 0.25) is 0 Å². The zero-order valence-electron chi connectivity index (χ0n) is 8.21. The van der Waals surface area contributed by atoms with Crippen molar-refractivity contribution in [3.8, 4) is 0 Å². The van der Waals surface area contributed by atoms with Crippen LogP contribution in [-0.2, 0) is 4.74 Å². The summed E-state index contributed by atoms with van der Waals surface area (Å²) in [5.41, 5.74) is -0.707. The van der Waals surface area contributed by atoms with Gasteiger partial charge in [0, 0.05) is 6.42 Å². The van der Waals surface area contributed by atoms with Gasteiger partial charge in [-0.2, -0.15) is 22.0 Å². The lowest BCUT2D eigenvalue weighted by Gasteiger charge is -2.23. The number of rotatable bonds is 3. The summed E-state index contributed by atoms with van der Waals surface area (Å²) >= 11 is 0. The molecule has 0 amide bonds. The van der Waals surface area contributed by atoms with Gasteiger partial charge in [-0.3, -0.25) is 0 Å². The van der Waals surface area contributed by atoms with Crippen molar-refractivity contribution in [3.05, 3.63) is 0 Å². The fraction of sp³-hybridized carbons (Fsp3) is 1.00. The highest BCUT2D eigenvalue weighted by molar-refractivity contribution is 4.75. The Kier molecular flexibility index (Phi) is 3.89. The molecule has 0 aliphatic rings. The van der Waals surface area contributed by atoms with Crippen LogP contribution >= 0.6 is 0 Å². The van der Waals surface area contributed by atoms with E-state index >= 15 is 0 Å². The van der Waals surface area contributed by atoms with Crippen LogP contribution in [0.15, 0.2) is 0 Å². The molecule has 0 aromatic heterocycles. The Hall–Kier alpha value is -0.390. The summed E-state index contributed by atoms with van der Waals surface area (Å²) in [5.74, 6) is -4.67. The lowest BCUT2D eigenvalue weighted by atomic mass is 10.2. The predicted molar refractivity (Wildman–Crippen MR) is 41.3 cm³/mol. The van der Waals surface area contributed by atoms with Crippen molar-refractivity contribution in [1.82, 2.24) is 0 Å². The van der Waals surface area contributed by atoms with Gasteiger partial charge in [0.05, 0.1) is 12.2 Å². The second kappa shape index (κ2) is 4.00. The summed E-state index contributed by atoms with van der Waals surface area (Å²) < 4.78 is 64.3. The molecule has 0 bridgehead atoms. The van der Waals surface area contributed by atoms with Crippen LogP contribution in [0.5, 0.6) is 0 Å². The van der Waals surface area contributed by atoms with Crippen molar-refractivity contribution in [2.45, 2.75) is 44.9 Å². The average molecular weight is 220 g/mol. The molecule has 0 aromatic carbocycles. The molecule has 0 spiro atoms. The molecule has 0 radical (unpaired) electrons. The molecule has 0 rings (SSSR count). The molecule has 0 heterocycles. The molecule has 0 N–H and O–H groups in total. The summed E-state index contributed by atoms with van der Waals surface area (Å²) in [4.78, 5) is 0. The van der Waals surface area contributed by atoms with Crippen molar-refractivity contribution < 1.29 is 26.7 Å². The van der Waals surface area contributed by atoms with Crippen molar-refractivity contribution in [2.75, 3.05) is 6.61 Å². The molecular formula is C8H13F5O. The molecule has 6 heteroatoms. The van der Waals surface area contributed by atoms with E-state index in [-0.39, 0.29) is 0 Å². The van der Waals surface area contributed by atoms with Gasteiger partial charge in [0.25, 0.3) is 0 Å². The minimum atomic E-state index is -5.49. The van der Waals surface area contributed by atoms with Gasteiger partial charge in [-0.25, -0.2) is 0 Å². The minimum Gasteiger partial charge on any atom is -0.376 e. The first-order chi connectivity index (χ1) is 5.96. The number of hydrogen-bond acceptors (Lipinski definition) is 1. The third-order valence-corrected chi connectivity index (χ3v) is 1.37. The first kappa shape index (κ1) is 13.6. The van der Waals surface area contributed by atoms with E-state index in [1.165, 1.54) is 0 Å². The standard InChI is InChI=1S/C8H13F5O/c1-6(2,3)14-5-4-7(9,10)8(11,12)13/h4-5H2,1-3H3. The van der Waals surface area contributed by atoms with Gasteiger partial charge < -0.3 is 4.74 Å². The first-order valence-corrected chi connectivity index (χ1v) is 4.04. The van der Waals surface area contributed by atoms with Crippen LogP contribution in [0.25, 0.3) is 0 Å². The number of hydrogen-bond donors (Lipinski definition) is 0. The molecule has 0 saturated carbocycles. The van der Waals surface area contributed by atoms with Crippen LogP contribution in [0, 0.1) is 0 Å². The molecular weight excluding hydrogens is 207 g/mol. The number of ether oxygens (including phenoxy) is 1. The fourth-order valence-corrected chi connectivity index (χ4v) is 0.627. The van der Waals surface area contributed by atoms with E-state index in [1.54, 1.807) is 20.8 Å². The second-order valence-electron chi connectivity index (χ2n) is 3.91. The van der Waals surface area contributed by atoms with Crippen LogP contribution in [-0.4, -0.2) is 24.3 Å². The molecule has 0 aliphatic carbocycles. The summed E-state index contributed by atoms with van der Waals surface area (Å²) in [6, 6.07) is 0. The summed E-state index contributed by atoms with van der Waals surface area (Å²) in [5, 5.41) is 0. The summed E-state index contributed by atoms with van der Waals surface area (Å²) in [6.07, 6.45) is -6.83. The SMILES string of the molecule is CC(C)(C)OCCC(F)(F)C(F)(F)F. The molecule has 14 heavy (non-hydrogen) atoms. The van der Waals surface area contributed by atoms with E-state index in [0.717, 1.165) is 0 Å². The average Bonchev–Trinajstić information content (AvgIpc) is 1.80. The van der Waals surface area contributed by atoms with Crippen LogP contribution in [0.3, 0.4) is 0 Å². The second-order valence-corrected chi connectivity index (χ2v) is 3.91. The van der Waals surface area contributed by atoms with E-state index in [9.17, 15) is 22.0 Å². The third-order valence-electron chi connectivity index (χ3n) is 1.37. The monoisotopic (exact) mass is 220 g/mol. The van der Waals surface area contributed by atoms with E-state index in [2.05, 4.69) is 0 Å². The van der Waals surface area contributed by atoms with E-state index < -0.39 is 30.7 Å². The van der Waals surface area contributed by atoms with Crippen LogP contribution in [0.1, 0.15) is 27.2 Å². The lowest BCUT2D eigenvalue weighted by molar-refractivity contribution is -0.288. The largest absolute Gasteiger partial charge is 0.453 e. The maximum absolute atomic E-state index is 12.3. The quantitative estimate of drug-likeness (QED) is 0.662. The highest BCUT2D eigenvalue weighted by Crippen LogP contribution is 2.38. The Bertz CT molecular complexity index is 179. The zero-order chi connectivity index (χ0) is 11.6. The maximum Gasteiger partial charge on any atom is 0.453 e. The highest BCUT2D eigenvalue weighted by Gasteiger charge is 2.56. The third kappa shape index (κ3) is 4.74. The van der Waals surface area contributed by atoms with Gasteiger partial charge >= 0.3 is 12.1 Å². The Morgan fingerprint density at radius 1 is 0.929 bits per heavy atom. The van der Waals surface area contributed by atoms with E-state index in [1.807, 2.05) is 0 Å². The molecule has 1 nitrogen and oxygen atoms in total. The van der Waals surface area contributed by atoms with Crippen LogP contribution in [0.4, 0.5) is 22.0 Å². The van der Waals surface area contributed by atoms with Gasteiger partial charge in [-0.15, -0.1) is 0 Å². The van der Waals surface area contributed by atoms with Crippen LogP contribution < -0.4 is 0 Å². The molecule has 0 unspecified atom stereocenters. The first-order valence-electron chi connectivity index (χ1n) is 4.04. The molecule has 0 aromatic rings. The predicted octanol–water partition coefficient (Wildman–Crippen LogP) is 3.39. The van der Waals surface area contributed by atoms with Crippen molar-refractivity contribution in [2.24, 2.45) is 0 Å². The summed E-state index contributed by atoms with van der Waals surface area (Å²) in [6.45, 7) is 4.13. The van der Waals surface area contributed by atoms with Crippen molar-refractivity contribution in [3.63, 3.8) is 0 Å². The van der Waals surface area contributed by atoms with Crippen LogP contribution in [0.2, 0.25) is 0 Å². The Morgan fingerprint density at radius 2 is 1.36 bits per heavy atom. The molecule has 86 valence electrons. The minimum absolute atomic E-state index is 0.615. The van der Waals surface area contributed by atoms with Gasteiger partial charge in [0.15, 0.2) is 0 Å². The zero-order valence-corrected chi connectivity index (χ0v) is 8.21. The highest BCUT2D eigenvalue weighted by atomic mass is 19.4. The molecule has 0 aliphatic heterocycles. The maximum atomic E-state index is 12.3. The Labute approximate surface area is 79.2 Å². The fourth-order valence-electron chi connectivity index (χ4n) is 0.627. The van der Waals surface area contributed by atoms with Gasteiger partial charge in [-0.05, 0) is 20.8 Å². The molecule has 0 saturated heterocycles. The molecule has 0 atom stereocenters. The van der Waals surface area contributed by atoms with E-state index in [0.29, 0.717) is 0 Å². The smallest absolute Gasteiger partial charge is 0.376 e. The number of alkyl halides is 5. The topological polar surface area (TPSA) is 9.23 Å². The van der Waals surface area contributed by atoms with Gasteiger partial charge in [0.1, 0.15) is 0 Å². The summed E-state index contributed by atoms with van der Waals surface area (Å²) in [7, 11) is 0. The van der Waals surface area contributed by atoms with Gasteiger partial charge in [-0.1, -0.05) is 0 Å². The number of halogens is 5. The lowest BCUT2D eigenvalue weighted by Crippen LogP contribution is -2.38. The Morgan fingerprint density at radius 3 is 1.64 bits per heavy atom. The molecule has 0 fully saturated rings.